The van der Waals surface area contributed by atoms with Crippen molar-refractivity contribution in [3.63, 3.8) is 0 Å². The first-order valence-electron chi connectivity index (χ1n) is 17.1. The first kappa shape index (κ1) is 29.7. The number of nitrogens with zero attached hydrogens (tertiary/aromatic N) is 4. The predicted octanol–water partition coefficient (Wildman–Crippen LogP) is 11.9. The molecule has 0 N–H and O–H groups in total. The molecule has 0 aliphatic carbocycles. The fourth-order valence-electron chi connectivity index (χ4n) is 7.34. The van der Waals surface area contributed by atoms with Gasteiger partial charge in [0.05, 0.1) is 22.8 Å². The molecule has 0 amide bonds. The van der Waals surface area contributed by atoms with Crippen LogP contribution in [0.15, 0.2) is 180 Å². The van der Waals surface area contributed by atoms with Crippen LogP contribution in [0.5, 0.6) is 0 Å². The minimum atomic E-state index is 0.688. The number of fused-ring (bicyclic) bond motifs is 3. The van der Waals surface area contributed by atoms with Gasteiger partial charge in [-0.05, 0) is 84.9 Å². The average molecular weight is 669 g/mol. The SMILES string of the molecule is c1cc(-c2cocn2)nc(-c2c3ccccc3c(-c3cccc(-c4cocn4)n3)c3cc(-c4ccc(-c5cccc6ccccc56)cc4)ccc23)c1. The minimum Gasteiger partial charge on any atom is -0.451 e. The normalized spacial score (nSPS) is 11.5. The van der Waals surface area contributed by atoms with Gasteiger partial charge in [0.15, 0.2) is 12.8 Å². The number of rotatable bonds is 6. The van der Waals surface area contributed by atoms with E-state index < -0.39 is 0 Å². The second-order valence-corrected chi connectivity index (χ2v) is 12.7. The summed E-state index contributed by atoms with van der Waals surface area (Å²) in [5, 5.41) is 6.78. The monoisotopic (exact) mass is 668 g/mol. The van der Waals surface area contributed by atoms with E-state index in [0.717, 1.165) is 66.6 Å². The molecule has 52 heavy (non-hydrogen) atoms. The Bertz CT molecular complexity index is 2890. The summed E-state index contributed by atoms with van der Waals surface area (Å²) < 4.78 is 10.6. The Morgan fingerprint density at radius 2 is 0.846 bits per heavy atom. The van der Waals surface area contributed by atoms with Crippen LogP contribution >= 0.6 is 0 Å². The van der Waals surface area contributed by atoms with Gasteiger partial charge < -0.3 is 8.83 Å². The molecule has 4 aromatic heterocycles. The molecule has 0 bridgehead atoms. The van der Waals surface area contributed by atoms with Crippen LogP contribution in [-0.4, -0.2) is 19.9 Å². The van der Waals surface area contributed by atoms with E-state index in [2.05, 4.69) is 131 Å². The molecule has 0 atom stereocenters. The van der Waals surface area contributed by atoms with Gasteiger partial charge in [-0.25, -0.2) is 19.9 Å². The lowest BCUT2D eigenvalue weighted by Crippen LogP contribution is -1.96. The van der Waals surface area contributed by atoms with Crippen LogP contribution in [0, 0.1) is 0 Å². The molecular formula is C46H28N4O2. The van der Waals surface area contributed by atoms with Crippen LogP contribution in [0.25, 0.3) is 99.9 Å². The fourth-order valence-corrected chi connectivity index (χ4v) is 7.34. The third-order valence-electron chi connectivity index (χ3n) is 9.74. The van der Waals surface area contributed by atoms with Gasteiger partial charge in [0.2, 0.25) is 0 Å². The van der Waals surface area contributed by atoms with Crippen LogP contribution in [0.3, 0.4) is 0 Å². The Morgan fingerprint density at radius 1 is 0.346 bits per heavy atom. The van der Waals surface area contributed by atoms with Crippen molar-refractivity contribution >= 4 is 32.3 Å². The zero-order valence-corrected chi connectivity index (χ0v) is 27.8. The molecule has 6 heteroatoms. The molecule has 6 nitrogen and oxygen atoms in total. The molecule has 6 aromatic carbocycles. The van der Waals surface area contributed by atoms with E-state index in [4.69, 9.17) is 18.8 Å². The van der Waals surface area contributed by atoms with Crippen molar-refractivity contribution in [3.8, 4) is 67.5 Å². The molecule has 4 heterocycles. The number of oxazole rings is 2. The maximum atomic E-state index is 5.31. The standard InChI is InChI=1S/C46H28N4O2/c1-2-10-33-30(8-1)9-5-13-34(33)31-20-18-29(19-21-31)32-22-23-37-38(24-32)46(42-17-7-15-40(50-42)44-26-52-28-48-44)36-12-4-3-11-35(36)45(37)41-16-6-14-39(49-41)43-25-51-27-47-43/h1-28H. The third-order valence-corrected chi connectivity index (χ3v) is 9.74. The number of benzene rings is 6. The first-order chi connectivity index (χ1) is 25.8. The van der Waals surface area contributed by atoms with Crippen molar-refractivity contribution in [2.45, 2.75) is 0 Å². The molecule has 0 spiro atoms. The molecule has 0 fully saturated rings. The number of hydrogen-bond acceptors (Lipinski definition) is 6. The van der Waals surface area contributed by atoms with Crippen LogP contribution < -0.4 is 0 Å². The summed E-state index contributed by atoms with van der Waals surface area (Å²) in [4.78, 5) is 19.0. The van der Waals surface area contributed by atoms with Gasteiger partial charge in [-0.1, -0.05) is 115 Å². The summed E-state index contributed by atoms with van der Waals surface area (Å²) in [5.41, 5.74) is 11.3. The van der Waals surface area contributed by atoms with E-state index in [1.165, 1.54) is 34.7 Å². The Hall–Kier alpha value is -7.18. The van der Waals surface area contributed by atoms with Crippen molar-refractivity contribution < 1.29 is 8.83 Å². The number of hydrogen-bond donors (Lipinski definition) is 0. The molecular weight excluding hydrogens is 641 g/mol. The quantitative estimate of drug-likeness (QED) is 0.164. The molecule has 0 unspecified atom stereocenters. The average Bonchev–Trinajstić information content (AvgIpc) is 3.96. The van der Waals surface area contributed by atoms with Gasteiger partial charge >= 0.3 is 0 Å². The van der Waals surface area contributed by atoms with Crippen LogP contribution in [0.2, 0.25) is 0 Å². The lowest BCUT2D eigenvalue weighted by molar-refractivity contribution is 0.558. The topological polar surface area (TPSA) is 77.8 Å². The molecule has 10 aromatic rings. The van der Waals surface area contributed by atoms with E-state index in [-0.39, 0.29) is 0 Å². The smallest absolute Gasteiger partial charge is 0.181 e. The number of aromatic nitrogens is 4. The maximum Gasteiger partial charge on any atom is 0.181 e. The molecule has 0 aliphatic rings. The molecule has 0 radical (unpaired) electrons. The lowest BCUT2D eigenvalue weighted by atomic mass is 9.87. The molecule has 0 saturated heterocycles. The largest absolute Gasteiger partial charge is 0.451 e. The van der Waals surface area contributed by atoms with Crippen molar-refractivity contribution in [1.29, 1.82) is 0 Å². The van der Waals surface area contributed by atoms with Gasteiger partial charge in [0.1, 0.15) is 23.9 Å². The number of pyridine rings is 2. The lowest BCUT2D eigenvalue weighted by Gasteiger charge is -2.18. The highest BCUT2D eigenvalue weighted by molar-refractivity contribution is 6.21. The van der Waals surface area contributed by atoms with Crippen molar-refractivity contribution in [1.82, 2.24) is 19.9 Å². The van der Waals surface area contributed by atoms with Gasteiger partial charge in [0.25, 0.3) is 0 Å². The predicted molar refractivity (Wildman–Crippen MR) is 207 cm³/mol. The summed E-state index contributed by atoms with van der Waals surface area (Å²) in [7, 11) is 0. The van der Waals surface area contributed by atoms with Crippen LogP contribution in [0.1, 0.15) is 0 Å². The minimum absolute atomic E-state index is 0.688. The highest BCUT2D eigenvalue weighted by Crippen LogP contribution is 2.44. The fraction of sp³-hybridized carbons (Fsp3) is 0. The van der Waals surface area contributed by atoms with Crippen molar-refractivity contribution in [3.05, 3.63) is 171 Å². The van der Waals surface area contributed by atoms with Gasteiger partial charge in [-0.3, -0.25) is 0 Å². The highest BCUT2D eigenvalue weighted by atomic mass is 16.3. The van der Waals surface area contributed by atoms with Gasteiger partial charge in [-0.2, -0.15) is 0 Å². The van der Waals surface area contributed by atoms with Gasteiger partial charge in [0, 0.05) is 11.1 Å². The first-order valence-corrected chi connectivity index (χ1v) is 17.1. The molecule has 0 aliphatic heterocycles. The molecule has 0 saturated carbocycles. The second kappa shape index (κ2) is 12.3. The Kier molecular flexibility index (Phi) is 7.03. The summed E-state index contributed by atoms with van der Waals surface area (Å²) in [6.07, 6.45) is 6.11. The van der Waals surface area contributed by atoms with E-state index in [9.17, 15) is 0 Å². The summed E-state index contributed by atoms with van der Waals surface area (Å²) >= 11 is 0. The van der Waals surface area contributed by atoms with Gasteiger partial charge in [-0.15, -0.1) is 0 Å². The van der Waals surface area contributed by atoms with Crippen molar-refractivity contribution in [2.24, 2.45) is 0 Å². The highest BCUT2D eigenvalue weighted by Gasteiger charge is 2.20. The van der Waals surface area contributed by atoms with E-state index >= 15 is 0 Å². The Labute approximate surface area is 298 Å². The van der Waals surface area contributed by atoms with E-state index in [1.54, 1.807) is 12.5 Å². The van der Waals surface area contributed by atoms with E-state index in [1.807, 2.05) is 24.3 Å². The summed E-state index contributed by atoms with van der Waals surface area (Å²) in [6, 6.07) is 51.2. The van der Waals surface area contributed by atoms with E-state index in [0.29, 0.717) is 11.4 Å². The summed E-state index contributed by atoms with van der Waals surface area (Å²) in [6.45, 7) is 0. The molecule has 244 valence electrons. The van der Waals surface area contributed by atoms with Crippen LogP contribution in [0.4, 0.5) is 0 Å². The van der Waals surface area contributed by atoms with Crippen LogP contribution in [-0.2, 0) is 0 Å². The zero-order valence-electron chi connectivity index (χ0n) is 27.8. The van der Waals surface area contributed by atoms with Crippen molar-refractivity contribution in [2.75, 3.05) is 0 Å². The summed E-state index contributed by atoms with van der Waals surface area (Å²) in [5.74, 6) is 0. The Balaban J connectivity index is 1.20. The molecule has 10 rings (SSSR count). The third kappa shape index (κ3) is 5.05. The maximum absolute atomic E-state index is 5.31. The second-order valence-electron chi connectivity index (χ2n) is 12.7. The zero-order chi connectivity index (χ0) is 34.4. The Morgan fingerprint density at radius 3 is 1.48 bits per heavy atom.